The summed E-state index contributed by atoms with van der Waals surface area (Å²) in [5, 5.41) is 38.9. The van der Waals surface area contributed by atoms with Gasteiger partial charge in [0.25, 0.3) is 0 Å². The smallest absolute Gasteiger partial charge is 0.394 e. The molecule has 14 heteroatoms. The largest absolute Gasteiger partial charge is 0.472 e. The molecule has 2 aliphatic heterocycles. The molecule has 2 heterocycles. The number of amides is 1. The zero-order valence-electron chi connectivity index (χ0n) is 22.9. The number of Topliss-reactive ketones (excluding diaryl/α,β-unsaturated/α-hetero) is 1. The van der Waals surface area contributed by atoms with Gasteiger partial charge in [-0.15, -0.1) is 11.8 Å². The summed E-state index contributed by atoms with van der Waals surface area (Å²) in [4.78, 5) is 35.8. The third-order valence-electron chi connectivity index (χ3n) is 7.34. The molecular weight excluding hydrogens is 553 g/mol. The van der Waals surface area contributed by atoms with Gasteiger partial charge in [0.1, 0.15) is 23.4 Å². The number of phosphoric ester groups is 1. The Balaban J connectivity index is 1.52. The Morgan fingerprint density at radius 1 is 1.00 bits per heavy atom. The van der Waals surface area contributed by atoms with E-state index in [0.29, 0.717) is 25.7 Å². The number of carbonyl (C=O) groups is 2. The van der Waals surface area contributed by atoms with Crippen molar-refractivity contribution in [2.75, 3.05) is 32.6 Å². The molecule has 0 spiro atoms. The lowest BCUT2D eigenvalue weighted by Gasteiger charge is -2.40. The fourth-order valence-corrected chi connectivity index (χ4v) is 6.82. The van der Waals surface area contributed by atoms with Gasteiger partial charge < -0.3 is 35.0 Å². The van der Waals surface area contributed by atoms with Crippen molar-refractivity contribution in [1.82, 2.24) is 4.90 Å². The van der Waals surface area contributed by atoms with Crippen LogP contribution in [0.2, 0.25) is 0 Å². The Labute approximate surface area is 235 Å². The maximum atomic E-state index is 12.6. The van der Waals surface area contributed by atoms with Gasteiger partial charge in [0.2, 0.25) is 5.91 Å². The number of hydrogen-bond acceptors (Lipinski definition) is 11. The Morgan fingerprint density at radius 2 is 1.64 bits per heavy atom. The number of carbonyl (C=O) groups excluding carboxylic acids is 2. The second-order valence-corrected chi connectivity index (χ2v) is 13.1. The highest BCUT2D eigenvalue weighted by Crippen LogP contribution is 2.45. The highest BCUT2D eigenvalue weighted by atomic mass is 32.2. The third-order valence-corrected chi connectivity index (χ3v) is 9.76. The van der Waals surface area contributed by atoms with Crippen LogP contribution < -0.4 is 0 Å². The molecule has 6 unspecified atom stereocenters. The average molecular weight is 600 g/mol. The van der Waals surface area contributed by atoms with Gasteiger partial charge in [-0.2, -0.15) is 0 Å². The number of aliphatic hydroxyl groups is 4. The molecule has 39 heavy (non-hydrogen) atoms. The Hall–Kier alpha value is -0.600. The van der Waals surface area contributed by atoms with Crippen LogP contribution in [0.4, 0.5) is 0 Å². The van der Waals surface area contributed by atoms with E-state index in [2.05, 4.69) is 4.52 Å². The summed E-state index contributed by atoms with van der Waals surface area (Å²) in [5.41, 5.74) is -0.312. The number of phosphoric acid groups is 1. The van der Waals surface area contributed by atoms with Gasteiger partial charge in [-0.3, -0.25) is 18.6 Å². The molecular formula is C25H46NO11PS. The number of ketones is 1. The minimum Gasteiger partial charge on any atom is -0.394 e. The minimum absolute atomic E-state index is 0.131. The van der Waals surface area contributed by atoms with Gasteiger partial charge in [-0.1, -0.05) is 19.8 Å². The number of ether oxygens (including phenoxy) is 1. The van der Waals surface area contributed by atoms with Crippen molar-refractivity contribution in [3.8, 4) is 0 Å². The van der Waals surface area contributed by atoms with Crippen molar-refractivity contribution in [2.45, 2.75) is 107 Å². The predicted molar refractivity (Wildman–Crippen MR) is 145 cm³/mol. The molecule has 12 nitrogen and oxygen atoms in total. The van der Waals surface area contributed by atoms with Gasteiger partial charge in [0.05, 0.1) is 31.5 Å². The molecule has 0 aliphatic carbocycles. The molecule has 8 atom stereocenters. The molecule has 228 valence electrons. The van der Waals surface area contributed by atoms with Crippen LogP contribution in [0.1, 0.15) is 71.1 Å². The Bertz CT molecular complexity index is 804. The zero-order chi connectivity index (χ0) is 29.0. The minimum atomic E-state index is -4.16. The summed E-state index contributed by atoms with van der Waals surface area (Å²) in [7, 11) is -3.09. The fraction of sp³-hybridized carbons (Fsp3) is 0.920. The summed E-state index contributed by atoms with van der Waals surface area (Å²) in [6, 6.07) is -0.453. The van der Waals surface area contributed by atoms with E-state index < -0.39 is 38.3 Å². The van der Waals surface area contributed by atoms with Crippen molar-refractivity contribution >= 4 is 31.3 Å². The molecule has 0 saturated carbocycles. The molecule has 0 bridgehead atoms. The van der Waals surface area contributed by atoms with Crippen LogP contribution in [0, 0.1) is 5.92 Å². The zero-order valence-corrected chi connectivity index (χ0v) is 24.6. The molecule has 0 radical (unpaired) electrons. The monoisotopic (exact) mass is 599 g/mol. The quantitative estimate of drug-likeness (QED) is 0.113. The number of thioether (sulfide) groups is 1. The second-order valence-electron chi connectivity index (χ2n) is 10.3. The van der Waals surface area contributed by atoms with Crippen LogP contribution in [0.15, 0.2) is 0 Å². The number of nitrogens with zero attached hydrogens (tertiary/aromatic N) is 1. The molecule has 2 saturated heterocycles. The molecule has 0 aromatic heterocycles. The van der Waals surface area contributed by atoms with E-state index in [1.54, 1.807) is 0 Å². The number of hydrogen-bond donors (Lipinski definition) is 5. The molecule has 2 fully saturated rings. The van der Waals surface area contributed by atoms with E-state index in [0.717, 1.165) is 45.0 Å². The van der Waals surface area contributed by atoms with Gasteiger partial charge in [-0.05, 0) is 37.9 Å². The molecule has 2 aliphatic rings. The topological polar surface area (TPSA) is 183 Å². The van der Waals surface area contributed by atoms with Gasteiger partial charge in [-0.25, -0.2) is 4.57 Å². The molecule has 5 N–H and O–H groups in total. The average Bonchev–Trinajstić information content (AvgIpc) is 3.32. The Kier molecular flexibility index (Phi) is 15.4. The van der Waals surface area contributed by atoms with Crippen LogP contribution in [-0.2, 0) is 27.9 Å². The van der Waals surface area contributed by atoms with Crippen LogP contribution in [0.3, 0.4) is 0 Å². The highest BCUT2D eigenvalue weighted by molar-refractivity contribution is 7.99. The van der Waals surface area contributed by atoms with Crippen molar-refractivity contribution in [1.29, 1.82) is 0 Å². The number of rotatable bonds is 18. The molecule has 0 aromatic carbocycles. The number of likely N-dealkylation sites (tertiary alicyclic amines) is 1. The van der Waals surface area contributed by atoms with Crippen LogP contribution >= 0.6 is 19.6 Å². The van der Waals surface area contributed by atoms with Crippen molar-refractivity contribution < 1.29 is 53.3 Å². The molecule has 1 amide bonds. The standard InChI is InChI=1S/C25H46NO11PS/c1-17-23(31)24(32)21(16-28)36-25(17)39-12-8-7-10-19(29)9-5-3-4-6-11-22(30)26-14-20(13-18(26)15-27)37-38(33,34)35-2/h17-18,20-21,23-25,27-28,31-32H,3-16H2,1-2H3,(H,33,34)/t17?,18-,20+,21?,23?,24?,25?/m0/s1. The normalized spacial score (nSPS) is 30.8. The molecule has 2 rings (SSSR count). The fourth-order valence-electron chi connectivity index (χ4n) is 4.92. The van der Waals surface area contributed by atoms with Gasteiger partial charge >= 0.3 is 7.82 Å². The first kappa shape index (κ1) is 34.6. The lowest BCUT2D eigenvalue weighted by molar-refractivity contribution is -0.181. The summed E-state index contributed by atoms with van der Waals surface area (Å²) >= 11 is 1.53. The maximum Gasteiger partial charge on any atom is 0.472 e. The Morgan fingerprint density at radius 3 is 2.26 bits per heavy atom. The predicted octanol–water partition coefficient (Wildman–Crippen LogP) is 1.60. The van der Waals surface area contributed by atoms with Crippen LogP contribution in [-0.4, -0.2) is 110 Å². The van der Waals surface area contributed by atoms with E-state index in [-0.39, 0.29) is 49.2 Å². The van der Waals surface area contributed by atoms with Gasteiger partial charge in [0, 0.05) is 38.8 Å². The van der Waals surface area contributed by atoms with E-state index in [1.807, 2.05) is 6.92 Å². The first-order valence-corrected chi connectivity index (χ1v) is 16.3. The summed E-state index contributed by atoms with van der Waals surface area (Å²) in [6.07, 6.45) is 2.73. The summed E-state index contributed by atoms with van der Waals surface area (Å²) in [5.74, 6) is 0.571. The highest BCUT2D eigenvalue weighted by Gasteiger charge is 2.42. The summed E-state index contributed by atoms with van der Waals surface area (Å²) in [6.45, 7) is 1.34. The maximum absolute atomic E-state index is 12.6. The third kappa shape index (κ3) is 11.3. The van der Waals surface area contributed by atoms with Crippen molar-refractivity contribution in [3.05, 3.63) is 0 Å². The lowest BCUT2D eigenvalue weighted by Crippen LogP contribution is -2.53. The van der Waals surface area contributed by atoms with E-state index in [1.165, 1.54) is 16.7 Å². The lowest BCUT2D eigenvalue weighted by atomic mass is 9.94. The first-order valence-electron chi connectivity index (χ1n) is 13.8. The second kappa shape index (κ2) is 17.4. The SMILES string of the molecule is COP(=O)(O)O[C@@H]1C[C@@H](CO)N(C(=O)CCCCCCC(=O)CCCCSC2OC(CO)C(O)C(O)C2C)C1. The van der Waals surface area contributed by atoms with Crippen molar-refractivity contribution in [3.63, 3.8) is 0 Å². The summed E-state index contributed by atoms with van der Waals surface area (Å²) < 4.78 is 26.8. The van der Waals surface area contributed by atoms with E-state index in [9.17, 15) is 39.5 Å². The van der Waals surface area contributed by atoms with E-state index >= 15 is 0 Å². The first-order chi connectivity index (χ1) is 18.5. The van der Waals surface area contributed by atoms with Crippen LogP contribution in [0.5, 0.6) is 0 Å². The number of unbranched alkanes of at least 4 members (excludes halogenated alkanes) is 4. The van der Waals surface area contributed by atoms with E-state index in [4.69, 9.17) is 9.26 Å². The molecule has 0 aromatic rings. The number of aliphatic hydroxyl groups excluding tert-OH is 4. The van der Waals surface area contributed by atoms with Crippen LogP contribution in [0.25, 0.3) is 0 Å². The van der Waals surface area contributed by atoms with Crippen molar-refractivity contribution in [2.24, 2.45) is 5.92 Å². The van der Waals surface area contributed by atoms with Gasteiger partial charge in [0.15, 0.2) is 0 Å².